The lowest BCUT2D eigenvalue weighted by molar-refractivity contribution is -0.135. The summed E-state index contributed by atoms with van der Waals surface area (Å²) < 4.78 is 2.34. The quantitative estimate of drug-likeness (QED) is 0.352. The van der Waals surface area contributed by atoms with Crippen LogP contribution in [0.2, 0.25) is 0 Å². The Bertz CT molecular complexity index is 1300. The first-order valence-electron chi connectivity index (χ1n) is 13.3. The highest BCUT2D eigenvalue weighted by molar-refractivity contribution is 7.97. The third-order valence-electron chi connectivity index (χ3n) is 7.44. The number of anilines is 1. The Morgan fingerprint density at radius 3 is 2.36 bits per heavy atom. The number of benzene rings is 3. The molecular formula is C30H35N5O3S. The van der Waals surface area contributed by atoms with Gasteiger partial charge in [0.2, 0.25) is 11.8 Å². The molecule has 9 heteroatoms. The molecule has 2 amide bonds. The second kappa shape index (κ2) is 12.1. The van der Waals surface area contributed by atoms with Crippen LogP contribution in [0.15, 0.2) is 77.7 Å². The van der Waals surface area contributed by atoms with E-state index in [9.17, 15) is 14.7 Å². The van der Waals surface area contributed by atoms with E-state index in [1.54, 1.807) is 29.0 Å². The standard InChI is InChI=1S/C30H35N5O3S/c31-28(17-29(32)37)30(38)33-14-12-24(13-15-33)35(18-21-4-2-1-3-5-21)25-7-6-22-19-34(20-23(22)16-25)39-27-10-8-26(36)9-11-27/h1-11,16,24,28,36H,12-15,17-20,31H2,(H2,32,37). The number of hydrogen-bond acceptors (Lipinski definition) is 7. The van der Waals surface area contributed by atoms with Gasteiger partial charge in [-0.2, -0.15) is 0 Å². The number of nitrogens with zero attached hydrogens (tertiary/aromatic N) is 3. The van der Waals surface area contributed by atoms with Crippen molar-refractivity contribution in [3.05, 3.63) is 89.5 Å². The van der Waals surface area contributed by atoms with Crippen LogP contribution in [-0.4, -0.2) is 51.3 Å². The molecule has 204 valence electrons. The smallest absolute Gasteiger partial charge is 0.240 e. The van der Waals surface area contributed by atoms with E-state index in [2.05, 4.69) is 51.7 Å². The van der Waals surface area contributed by atoms with Gasteiger partial charge >= 0.3 is 0 Å². The van der Waals surface area contributed by atoms with E-state index in [-0.39, 0.29) is 24.1 Å². The lowest BCUT2D eigenvalue weighted by atomic mass is 9.99. The molecule has 8 nitrogen and oxygen atoms in total. The van der Waals surface area contributed by atoms with E-state index >= 15 is 0 Å². The second-order valence-electron chi connectivity index (χ2n) is 10.3. The van der Waals surface area contributed by atoms with Crippen LogP contribution in [-0.2, 0) is 29.2 Å². The first kappa shape index (κ1) is 27.1. The molecule has 3 aromatic carbocycles. The Hall–Kier alpha value is -3.53. The zero-order valence-electron chi connectivity index (χ0n) is 21.9. The minimum atomic E-state index is -0.876. The molecule has 1 unspecified atom stereocenters. The third-order valence-corrected chi connectivity index (χ3v) is 8.44. The predicted molar refractivity (Wildman–Crippen MR) is 154 cm³/mol. The molecule has 5 rings (SSSR count). The summed E-state index contributed by atoms with van der Waals surface area (Å²) in [6.07, 6.45) is 1.51. The number of carbonyl (C=O) groups is 2. The van der Waals surface area contributed by atoms with Gasteiger partial charge in [-0.15, -0.1) is 0 Å². The number of hydrogen-bond donors (Lipinski definition) is 3. The summed E-state index contributed by atoms with van der Waals surface area (Å²) in [4.78, 5) is 29.3. The number of piperidine rings is 1. The monoisotopic (exact) mass is 545 g/mol. The number of phenols is 1. The molecule has 1 saturated heterocycles. The van der Waals surface area contributed by atoms with Gasteiger partial charge in [0.25, 0.3) is 0 Å². The molecule has 5 N–H and O–H groups in total. The number of likely N-dealkylation sites (tertiary alicyclic amines) is 1. The lowest BCUT2D eigenvalue weighted by Crippen LogP contribution is -2.51. The summed E-state index contributed by atoms with van der Waals surface area (Å²) in [6, 6.07) is 23.9. The number of carbonyl (C=O) groups excluding carboxylic acids is 2. The summed E-state index contributed by atoms with van der Waals surface area (Å²) >= 11 is 1.70. The van der Waals surface area contributed by atoms with Gasteiger partial charge in [-0.1, -0.05) is 36.4 Å². The fraction of sp³-hybridized carbons (Fsp3) is 0.333. The van der Waals surface area contributed by atoms with Gasteiger partial charge in [0.15, 0.2) is 0 Å². The van der Waals surface area contributed by atoms with Crippen LogP contribution in [0.5, 0.6) is 5.75 Å². The van der Waals surface area contributed by atoms with Crippen molar-refractivity contribution in [1.29, 1.82) is 0 Å². The summed E-state index contributed by atoms with van der Waals surface area (Å²) in [5, 5.41) is 9.58. The maximum Gasteiger partial charge on any atom is 0.240 e. The van der Waals surface area contributed by atoms with Crippen LogP contribution in [0.25, 0.3) is 0 Å². The van der Waals surface area contributed by atoms with Crippen molar-refractivity contribution in [3.63, 3.8) is 0 Å². The van der Waals surface area contributed by atoms with Crippen LogP contribution >= 0.6 is 11.9 Å². The van der Waals surface area contributed by atoms with Gasteiger partial charge in [0.05, 0.1) is 12.5 Å². The maximum atomic E-state index is 12.7. The Morgan fingerprint density at radius 1 is 0.974 bits per heavy atom. The Labute approximate surface area is 233 Å². The fourth-order valence-electron chi connectivity index (χ4n) is 5.40. The Kier molecular flexibility index (Phi) is 8.40. The van der Waals surface area contributed by atoms with Gasteiger partial charge in [0, 0.05) is 49.3 Å². The molecule has 39 heavy (non-hydrogen) atoms. The molecular weight excluding hydrogens is 510 g/mol. The molecule has 0 aromatic heterocycles. The van der Waals surface area contributed by atoms with Crippen LogP contribution < -0.4 is 16.4 Å². The molecule has 1 atom stereocenters. The molecule has 0 radical (unpaired) electrons. The van der Waals surface area contributed by atoms with Crippen LogP contribution in [0.3, 0.4) is 0 Å². The molecule has 0 bridgehead atoms. The first-order valence-corrected chi connectivity index (χ1v) is 14.1. The topological polar surface area (TPSA) is 116 Å². The van der Waals surface area contributed by atoms with Crippen molar-refractivity contribution in [2.24, 2.45) is 11.5 Å². The van der Waals surface area contributed by atoms with Crippen LogP contribution in [0.4, 0.5) is 5.69 Å². The summed E-state index contributed by atoms with van der Waals surface area (Å²) in [5.41, 5.74) is 16.3. The molecule has 1 fully saturated rings. The molecule has 0 spiro atoms. The van der Waals surface area contributed by atoms with Crippen LogP contribution in [0, 0.1) is 0 Å². The van der Waals surface area contributed by atoms with E-state index in [1.807, 2.05) is 18.2 Å². The highest BCUT2D eigenvalue weighted by atomic mass is 32.2. The number of rotatable bonds is 9. The SMILES string of the molecule is NC(=O)CC(N)C(=O)N1CCC(N(Cc2ccccc2)c2ccc3c(c2)CN(Sc2ccc(O)cc2)C3)CC1. The van der Waals surface area contributed by atoms with Gasteiger partial charge < -0.3 is 26.4 Å². The maximum absolute atomic E-state index is 12.7. The Morgan fingerprint density at radius 2 is 1.67 bits per heavy atom. The molecule has 3 aromatic rings. The summed E-state index contributed by atoms with van der Waals surface area (Å²) in [7, 11) is 0. The normalized spacial score (nSPS) is 16.6. The first-order chi connectivity index (χ1) is 18.9. The fourth-order valence-corrected chi connectivity index (χ4v) is 6.36. The number of nitrogens with two attached hydrogens (primary N) is 2. The Balaban J connectivity index is 1.30. The molecule has 0 saturated carbocycles. The molecule has 2 heterocycles. The number of phenolic OH excluding ortho intramolecular Hbond substituents is 1. The van der Waals surface area contributed by atoms with E-state index in [1.165, 1.54) is 22.4 Å². The van der Waals surface area contributed by atoms with Crippen molar-refractivity contribution in [2.75, 3.05) is 18.0 Å². The van der Waals surface area contributed by atoms with Gasteiger partial charge in [-0.05, 0) is 77.9 Å². The molecule has 2 aliphatic rings. The average Bonchev–Trinajstić information content (AvgIpc) is 3.34. The largest absolute Gasteiger partial charge is 0.508 e. The summed E-state index contributed by atoms with van der Waals surface area (Å²) in [6.45, 7) is 3.70. The molecule has 2 aliphatic heterocycles. The van der Waals surface area contributed by atoms with Crippen molar-refractivity contribution in [1.82, 2.24) is 9.21 Å². The third kappa shape index (κ3) is 6.73. The zero-order valence-corrected chi connectivity index (χ0v) is 22.7. The number of fused-ring (bicyclic) bond motifs is 1. The van der Waals surface area contributed by atoms with E-state index in [0.717, 1.165) is 37.4 Å². The molecule has 0 aliphatic carbocycles. The number of aromatic hydroxyl groups is 1. The van der Waals surface area contributed by atoms with Gasteiger partial charge in [0.1, 0.15) is 5.75 Å². The van der Waals surface area contributed by atoms with Crippen molar-refractivity contribution < 1.29 is 14.7 Å². The van der Waals surface area contributed by atoms with Crippen molar-refractivity contribution in [3.8, 4) is 5.75 Å². The van der Waals surface area contributed by atoms with Crippen LogP contribution in [0.1, 0.15) is 36.0 Å². The average molecular weight is 546 g/mol. The number of amides is 2. The van der Waals surface area contributed by atoms with Crippen molar-refractivity contribution in [2.45, 2.75) is 55.9 Å². The van der Waals surface area contributed by atoms with E-state index in [4.69, 9.17) is 11.5 Å². The lowest BCUT2D eigenvalue weighted by Gasteiger charge is -2.40. The van der Waals surface area contributed by atoms with E-state index < -0.39 is 11.9 Å². The minimum Gasteiger partial charge on any atom is -0.508 e. The second-order valence-corrected chi connectivity index (χ2v) is 11.5. The predicted octanol–water partition coefficient (Wildman–Crippen LogP) is 3.62. The highest BCUT2D eigenvalue weighted by Crippen LogP contribution is 2.36. The van der Waals surface area contributed by atoms with Crippen molar-refractivity contribution >= 4 is 29.4 Å². The van der Waals surface area contributed by atoms with Gasteiger partial charge in [-0.25, -0.2) is 4.31 Å². The van der Waals surface area contributed by atoms with Gasteiger partial charge in [-0.3, -0.25) is 9.59 Å². The van der Waals surface area contributed by atoms with E-state index in [0.29, 0.717) is 13.1 Å². The highest BCUT2D eigenvalue weighted by Gasteiger charge is 2.31. The minimum absolute atomic E-state index is 0.129. The number of primary amides is 1. The summed E-state index contributed by atoms with van der Waals surface area (Å²) in [5.74, 6) is -0.488. The zero-order chi connectivity index (χ0) is 27.4.